The fourth-order valence-corrected chi connectivity index (χ4v) is 2.90. The zero-order valence-electron chi connectivity index (χ0n) is 12.7. The minimum atomic E-state index is -0.0559. The van der Waals surface area contributed by atoms with Gasteiger partial charge in [-0.2, -0.15) is 0 Å². The highest BCUT2D eigenvalue weighted by molar-refractivity contribution is 6.42. The zero-order chi connectivity index (χ0) is 15.6. The molecule has 124 valence electrons. The number of hydrogen-bond donors (Lipinski definition) is 2. The van der Waals surface area contributed by atoms with E-state index in [1.807, 2.05) is 0 Å². The summed E-state index contributed by atoms with van der Waals surface area (Å²) in [7, 11) is 0. The summed E-state index contributed by atoms with van der Waals surface area (Å²) in [5.74, 6) is -0.0559. The number of carbonyl (C=O) groups is 1. The number of likely N-dealkylation sites (tertiary alicyclic amines) is 1. The first-order valence-electron chi connectivity index (χ1n) is 7.01. The van der Waals surface area contributed by atoms with Gasteiger partial charge in [-0.1, -0.05) is 37.0 Å². The van der Waals surface area contributed by atoms with Gasteiger partial charge in [-0.15, -0.1) is 12.4 Å². The second-order valence-electron chi connectivity index (χ2n) is 6.27. The van der Waals surface area contributed by atoms with Crippen LogP contribution in [0.5, 0.6) is 0 Å². The molecule has 1 unspecified atom stereocenters. The molecule has 0 saturated carbocycles. The second kappa shape index (κ2) is 7.84. The average Bonchev–Trinajstić information content (AvgIpc) is 2.38. The highest BCUT2D eigenvalue weighted by atomic mass is 35.5. The van der Waals surface area contributed by atoms with Gasteiger partial charge in [-0.05, 0) is 30.0 Å². The highest BCUT2D eigenvalue weighted by Gasteiger charge is 2.33. The van der Waals surface area contributed by atoms with Crippen LogP contribution in [0.25, 0.3) is 0 Å². The molecule has 3 N–H and O–H groups in total. The van der Waals surface area contributed by atoms with Crippen LogP contribution in [0.1, 0.15) is 20.3 Å². The third-order valence-electron chi connectivity index (χ3n) is 3.96. The third kappa shape index (κ3) is 5.00. The predicted octanol–water partition coefficient (Wildman–Crippen LogP) is 3.41. The summed E-state index contributed by atoms with van der Waals surface area (Å²) < 4.78 is 0. The van der Waals surface area contributed by atoms with Crippen LogP contribution in [0.15, 0.2) is 18.2 Å². The van der Waals surface area contributed by atoms with Crippen LogP contribution in [0.4, 0.5) is 5.69 Å². The van der Waals surface area contributed by atoms with Gasteiger partial charge in [-0.3, -0.25) is 9.69 Å². The van der Waals surface area contributed by atoms with Crippen LogP contribution < -0.4 is 11.1 Å². The molecule has 1 amide bonds. The first-order chi connectivity index (χ1) is 9.78. The van der Waals surface area contributed by atoms with Crippen LogP contribution >= 0.6 is 35.6 Å². The number of nitrogens with zero attached hydrogens (tertiary/aromatic N) is 1. The van der Waals surface area contributed by atoms with Crippen molar-refractivity contribution in [1.82, 2.24) is 4.90 Å². The number of nitrogens with two attached hydrogens (primary N) is 1. The van der Waals surface area contributed by atoms with Gasteiger partial charge in [0.1, 0.15) is 0 Å². The number of halogens is 3. The number of amides is 1. The molecule has 4 nitrogen and oxygen atoms in total. The van der Waals surface area contributed by atoms with Crippen LogP contribution in [0.2, 0.25) is 10.0 Å². The Morgan fingerprint density at radius 3 is 2.68 bits per heavy atom. The molecule has 0 bridgehead atoms. The summed E-state index contributed by atoms with van der Waals surface area (Å²) in [6.07, 6.45) is 0.910. The Hall–Kier alpha value is -0.520. The normalized spacial score (nSPS) is 21.0. The number of piperidine rings is 1. The van der Waals surface area contributed by atoms with Gasteiger partial charge in [0.2, 0.25) is 5.91 Å². The Morgan fingerprint density at radius 1 is 1.41 bits per heavy atom. The van der Waals surface area contributed by atoms with Crippen molar-refractivity contribution in [2.24, 2.45) is 11.1 Å². The Morgan fingerprint density at radius 2 is 2.09 bits per heavy atom. The molecule has 1 fully saturated rings. The SMILES string of the molecule is CC1(C)CN(CC(=O)Nc2ccc(Cl)c(Cl)c2)CCC1N.Cl. The summed E-state index contributed by atoms with van der Waals surface area (Å²) in [6, 6.07) is 5.25. The van der Waals surface area contributed by atoms with E-state index in [2.05, 4.69) is 24.1 Å². The van der Waals surface area contributed by atoms with E-state index in [0.717, 1.165) is 19.5 Å². The lowest BCUT2D eigenvalue weighted by molar-refractivity contribution is -0.118. The maximum absolute atomic E-state index is 12.1. The Bertz CT molecular complexity index is 537. The van der Waals surface area contributed by atoms with Crippen molar-refractivity contribution < 1.29 is 4.79 Å². The molecule has 1 heterocycles. The largest absolute Gasteiger partial charge is 0.327 e. The Labute approximate surface area is 147 Å². The number of carbonyl (C=O) groups excluding carboxylic acids is 1. The molecule has 1 aliphatic rings. The van der Waals surface area contributed by atoms with E-state index in [4.69, 9.17) is 28.9 Å². The predicted molar refractivity (Wildman–Crippen MR) is 95.2 cm³/mol. The molecule has 22 heavy (non-hydrogen) atoms. The molecule has 1 aromatic carbocycles. The average molecular weight is 367 g/mol. The summed E-state index contributed by atoms with van der Waals surface area (Å²) in [5, 5.41) is 3.74. The van der Waals surface area contributed by atoms with Gasteiger partial charge >= 0.3 is 0 Å². The Kier molecular flexibility index (Phi) is 6.96. The molecular formula is C15H22Cl3N3O. The Balaban J connectivity index is 0.00000242. The molecular weight excluding hydrogens is 345 g/mol. The first kappa shape index (κ1) is 19.5. The lowest BCUT2D eigenvalue weighted by atomic mass is 9.80. The van der Waals surface area contributed by atoms with Gasteiger partial charge in [-0.25, -0.2) is 0 Å². The van der Waals surface area contributed by atoms with Crippen LogP contribution in [-0.4, -0.2) is 36.5 Å². The van der Waals surface area contributed by atoms with Crippen LogP contribution in [0.3, 0.4) is 0 Å². The number of anilines is 1. The molecule has 0 radical (unpaired) electrons. The van der Waals surface area contributed by atoms with Crippen molar-refractivity contribution in [2.45, 2.75) is 26.3 Å². The van der Waals surface area contributed by atoms with Gasteiger partial charge < -0.3 is 11.1 Å². The summed E-state index contributed by atoms with van der Waals surface area (Å²) in [4.78, 5) is 14.2. The summed E-state index contributed by atoms with van der Waals surface area (Å²) >= 11 is 11.8. The molecule has 7 heteroatoms. The van der Waals surface area contributed by atoms with Crippen LogP contribution in [0, 0.1) is 5.41 Å². The highest BCUT2D eigenvalue weighted by Crippen LogP contribution is 2.28. The van der Waals surface area contributed by atoms with Crippen molar-refractivity contribution in [3.05, 3.63) is 28.2 Å². The van der Waals surface area contributed by atoms with E-state index < -0.39 is 0 Å². The molecule has 1 aromatic rings. The lowest BCUT2D eigenvalue weighted by Crippen LogP contribution is -2.53. The van der Waals surface area contributed by atoms with Gasteiger partial charge in [0, 0.05) is 24.8 Å². The summed E-state index contributed by atoms with van der Waals surface area (Å²) in [5.41, 5.74) is 6.79. The smallest absolute Gasteiger partial charge is 0.238 e. The van der Waals surface area contributed by atoms with Crippen molar-refractivity contribution in [3.63, 3.8) is 0 Å². The number of benzene rings is 1. The van der Waals surface area contributed by atoms with Gasteiger partial charge in [0.05, 0.1) is 16.6 Å². The first-order valence-corrected chi connectivity index (χ1v) is 7.76. The minimum absolute atomic E-state index is 0. The number of hydrogen-bond acceptors (Lipinski definition) is 3. The van der Waals surface area contributed by atoms with E-state index in [0.29, 0.717) is 22.3 Å². The fourth-order valence-electron chi connectivity index (χ4n) is 2.60. The maximum Gasteiger partial charge on any atom is 0.238 e. The molecule has 1 saturated heterocycles. The van der Waals surface area contributed by atoms with Gasteiger partial charge in [0.15, 0.2) is 0 Å². The second-order valence-corrected chi connectivity index (χ2v) is 7.09. The van der Waals surface area contributed by atoms with Crippen molar-refractivity contribution in [1.29, 1.82) is 0 Å². The summed E-state index contributed by atoms with van der Waals surface area (Å²) in [6.45, 7) is 6.31. The molecule has 1 aliphatic heterocycles. The van der Waals surface area contributed by atoms with E-state index in [1.54, 1.807) is 18.2 Å². The molecule has 0 aromatic heterocycles. The molecule has 2 rings (SSSR count). The van der Waals surface area contributed by atoms with Crippen molar-refractivity contribution in [2.75, 3.05) is 25.0 Å². The van der Waals surface area contributed by atoms with E-state index in [1.165, 1.54) is 0 Å². The molecule has 0 spiro atoms. The number of rotatable bonds is 3. The topological polar surface area (TPSA) is 58.4 Å². The molecule has 1 atom stereocenters. The van der Waals surface area contributed by atoms with E-state index >= 15 is 0 Å². The zero-order valence-corrected chi connectivity index (χ0v) is 15.1. The molecule has 0 aliphatic carbocycles. The van der Waals surface area contributed by atoms with E-state index in [9.17, 15) is 4.79 Å². The van der Waals surface area contributed by atoms with Gasteiger partial charge in [0.25, 0.3) is 0 Å². The minimum Gasteiger partial charge on any atom is -0.327 e. The quantitative estimate of drug-likeness (QED) is 0.862. The fraction of sp³-hybridized carbons (Fsp3) is 0.533. The monoisotopic (exact) mass is 365 g/mol. The maximum atomic E-state index is 12.1. The van der Waals surface area contributed by atoms with Crippen molar-refractivity contribution >= 4 is 47.2 Å². The standard InChI is InChI=1S/C15H21Cl2N3O.ClH/c1-15(2)9-20(6-5-13(15)18)8-14(21)19-10-3-4-11(16)12(17)7-10;/h3-4,7,13H,5-6,8-9,18H2,1-2H3,(H,19,21);1H. The van der Waals surface area contributed by atoms with E-state index in [-0.39, 0.29) is 29.8 Å². The third-order valence-corrected chi connectivity index (χ3v) is 4.70. The van der Waals surface area contributed by atoms with Crippen LogP contribution in [-0.2, 0) is 4.79 Å². The van der Waals surface area contributed by atoms with Crippen molar-refractivity contribution in [3.8, 4) is 0 Å². The lowest BCUT2D eigenvalue weighted by Gasteiger charge is -2.42. The number of nitrogens with one attached hydrogen (secondary N) is 1.